The van der Waals surface area contributed by atoms with Crippen LogP contribution in [0, 0.1) is 0 Å². The molecule has 9 heteroatoms. The Bertz CT molecular complexity index is 436. The van der Waals surface area contributed by atoms with Gasteiger partial charge in [-0.25, -0.2) is 0 Å². The highest BCUT2D eigenvalue weighted by atomic mass is 35.5. The number of rotatable bonds is 2. The van der Waals surface area contributed by atoms with E-state index in [0.29, 0.717) is 5.75 Å². The first-order valence-electron chi connectivity index (χ1n) is 4.18. The molecule has 0 aromatic heterocycles. The van der Waals surface area contributed by atoms with Gasteiger partial charge in [-0.15, -0.1) is 24.2 Å². The second kappa shape index (κ2) is 4.44. The van der Waals surface area contributed by atoms with Crippen LogP contribution in [0.1, 0.15) is 0 Å². The molecule has 92 valence electrons. The minimum atomic E-state index is -3.52. The fourth-order valence-electron chi connectivity index (χ4n) is 1.43. The summed E-state index contributed by atoms with van der Waals surface area (Å²) >= 11 is 1.40. The Morgan fingerprint density at radius 1 is 1.62 bits per heavy atom. The third-order valence-corrected chi connectivity index (χ3v) is 3.89. The lowest BCUT2D eigenvalue weighted by Gasteiger charge is -2.45. The van der Waals surface area contributed by atoms with Crippen molar-refractivity contribution < 1.29 is 17.4 Å². The quantitative estimate of drug-likeness (QED) is 0.542. The molecule has 2 N–H and O–H groups in total. The molecule has 1 fully saturated rings. The van der Waals surface area contributed by atoms with Gasteiger partial charge in [0.1, 0.15) is 17.2 Å². The molecule has 1 amide bonds. The van der Waals surface area contributed by atoms with Crippen LogP contribution in [0.5, 0.6) is 0 Å². The number of nitrogens with zero attached hydrogens (tertiary/aromatic N) is 1. The second-order valence-electron chi connectivity index (χ2n) is 3.36. The van der Waals surface area contributed by atoms with E-state index in [0.717, 1.165) is 6.26 Å². The molecule has 2 rings (SSSR count). The minimum absolute atomic E-state index is 0. The van der Waals surface area contributed by atoms with E-state index in [1.165, 1.54) is 22.9 Å². The summed E-state index contributed by atoms with van der Waals surface area (Å²) in [5.41, 5.74) is 5.55. The normalized spacial score (nSPS) is 28.5. The maximum absolute atomic E-state index is 11.2. The number of fused-ring (bicyclic) bond motifs is 1. The van der Waals surface area contributed by atoms with Gasteiger partial charge in [0.25, 0.3) is 0 Å². The van der Waals surface area contributed by atoms with E-state index in [2.05, 4.69) is 0 Å². The molecule has 16 heavy (non-hydrogen) atoms. The molecular formula is C7H11ClN2O4S2. The van der Waals surface area contributed by atoms with E-state index < -0.39 is 16.2 Å². The highest BCUT2D eigenvalue weighted by molar-refractivity contribution is 8.00. The van der Waals surface area contributed by atoms with Crippen molar-refractivity contribution in [1.82, 2.24) is 4.90 Å². The Kier molecular flexibility index (Phi) is 3.78. The van der Waals surface area contributed by atoms with Gasteiger partial charge in [0.05, 0.1) is 12.0 Å². The number of nitrogens with two attached hydrogens (primary N) is 1. The zero-order chi connectivity index (χ0) is 11.2. The zero-order valence-corrected chi connectivity index (χ0v) is 10.8. The van der Waals surface area contributed by atoms with E-state index >= 15 is 0 Å². The number of hydrogen-bond acceptors (Lipinski definition) is 6. The lowest BCUT2D eigenvalue weighted by atomic mass is 10.1. The average molecular weight is 287 g/mol. The maximum Gasteiger partial charge on any atom is 0.306 e. The van der Waals surface area contributed by atoms with Gasteiger partial charge in [0.2, 0.25) is 5.91 Å². The van der Waals surface area contributed by atoms with Crippen molar-refractivity contribution in [3.8, 4) is 0 Å². The van der Waals surface area contributed by atoms with Crippen LogP contribution in [0.25, 0.3) is 0 Å². The number of carbonyl (C=O) groups excluding carboxylic acids is 1. The van der Waals surface area contributed by atoms with Crippen LogP contribution < -0.4 is 5.73 Å². The number of thioether (sulfide) groups is 1. The summed E-state index contributed by atoms with van der Waals surface area (Å²) in [7, 11) is -3.52. The molecular weight excluding hydrogens is 276 g/mol. The van der Waals surface area contributed by atoms with Crippen LogP contribution in [0.3, 0.4) is 0 Å². The Hall–Kier alpha value is -0.440. The van der Waals surface area contributed by atoms with Crippen LogP contribution in [0.15, 0.2) is 12.0 Å². The fourth-order valence-corrected chi connectivity index (χ4v) is 3.11. The van der Waals surface area contributed by atoms with E-state index in [1.54, 1.807) is 0 Å². The molecule has 2 unspecified atom stereocenters. The van der Waals surface area contributed by atoms with Crippen molar-refractivity contribution in [3.05, 3.63) is 12.0 Å². The molecule has 1 saturated heterocycles. The zero-order valence-electron chi connectivity index (χ0n) is 8.32. The van der Waals surface area contributed by atoms with Gasteiger partial charge in [-0.3, -0.25) is 9.69 Å². The topological polar surface area (TPSA) is 89.7 Å². The van der Waals surface area contributed by atoms with E-state index in [1.807, 2.05) is 0 Å². The Morgan fingerprint density at radius 2 is 2.25 bits per heavy atom. The summed E-state index contributed by atoms with van der Waals surface area (Å²) < 4.78 is 26.4. The first-order chi connectivity index (χ1) is 6.88. The molecule has 0 aromatic carbocycles. The Balaban J connectivity index is 0.00000128. The molecule has 0 aliphatic carbocycles. The minimum Gasteiger partial charge on any atom is -0.385 e. The molecule has 0 spiro atoms. The van der Waals surface area contributed by atoms with Crippen LogP contribution in [0.4, 0.5) is 0 Å². The van der Waals surface area contributed by atoms with Gasteiger partial charge < -0.3 is 9.92 Å². The highest BCUT2D eigenvalue weighted by Gasteiger charge is 2.46. The average Bonchev–Trinajstić information content (AvgIpc) is 2.14. The third kappa shape index (κ3) is 2.45. The van der Waals surface area contributed by atoms with Gasteiger partial charge in [0, 0.05) is 6.20 Å². The predicted molar refractivity (Wildman–Crippen MR) is 62.3 cm³/mol. The number of carbonyl (C=O) groups is 1. The van der Waals surface area contributed by atoms with Crippen LogP contribution in [-0.4, -0.2) is 42.6 Å². The summed E-state index contributed by atoms with van der Waals surface area (Å²) in [5, 5.41) is -0.0792. The molecule has 6 nitrogen and oxygen atoms in total. The number of hydrogen-bond donors (Lipinski definition) is 1. The second-order valence-corrected chi connectivity index (χ2v) is 6.04. The monoisotopic (exact) mass is 286 g/mol. The Labute approximate surface area is 104 Å². The maximum atomic E-state index is 11.2. The van der Waals surface area contributed by atoms with Gasteiger partial charge in [0.15, 0.2) is 0 Å². The largest absolute Gasteiger partial charge is 0.385 e. The van der Waals surface area contributed by atoms with Crippen molar-refractivity contribution >= 4 is 40.2 Å². The number of halogens is 1. The first-order valence-corrected chi connectivity index (χ1v) is 7.04. The summed E-state index contributed by atoms with van der Waals surface area (Å²) in [6.45, 7) is 0. The lowest BCUT2D eigenvalue weighted by Crippen LogP contribution is -2.66. The Morgan fingerprint density at radius 3 is 2.81 bits per heavy atom. The number of amides is 1. The van der Waals surface area contributed by atoms with Crippen LogP contribution >= 0.6 is 24.2 Å². The predicted octanol–water partition coefficient (Wildman–Crippen LogP) is -0.532. The van der Waals surface area contributed by atoms with Crippen molar-refractivity contribution in [3.63, 3.8) is 0 Å². The summed E-state index contributed by atoms with van der Waals surface area (Å²) in [5.74, 6) is 0.468. The standard InChI is InChI=1S/C7H10N2O4S2.ClH/c1-15(11,12)13-4-2-9-6(10)5(8)7(9)14-3-4;/h2,5,7H,3,8H2,1H3;1H. The summed E-state index contributed by atoms with van der Waals surface area (Å²) in [6.07, 6.45) is 2.38. The van der Waals surface area contributed by atoms with Gasteiger partial charge in [-0.05, 0) is 0 Å². The van der Waals surface area contributed by atoms with Crippen molar-refractivity contribution in [2.75, 3.05) is 12.0 Å². The molecule has 0 radical (unpaired) electrons. The smallest absolute Gasteiger partial charge is 0.306 e. The molecule has 2 atom stereocenters. The molecule has 0 bridgehead atoms. The van der Waals surface area contributed by atoms with E-state index in [-0.39, 0.29) is 29.4 Å². The molecule has 2 aliphatic rings. The van der Waals surface area contributed by atoms with Crippen LogP contribution in [-0.2, 0) is 19.1 Å². The van der Waals surface area contributed by atoms with Crippen LogP contribution in [0.2, 0.25) is 0 Å². The number of β-lactam (4-membered cyclic amide) rings is 1. The van der Waals surface area contributed by atoms with E-state index in [9.17, 15) is 13.2 Å². The molecule has 2 aliphatic heterocycles. The fraction of sp³-hybridized carbons (Fsp3) is 0.571. The molecule has 2 heterocycles. The van der Waals surface area contributed by atoms with E-state index in [4.69, 9.17) is 9.92 Å². The molecule has 0 saturated carbocycles. The van der Waals surface area contributed by atoms with Crippen molar-refractivity contribution in [2.24, 2.45) is 5.73 Å². The van der Waals surface area contributed by atoms with Gasteiger partial charge >= 0.3 is 10.1 Å². The SMILES string of the molecule is CS(=O)(=O)OC1=CN2C(=O)C(N)C2SC1.Cl. The molecule has 0 aromatic rings. The van der Waals surface area contributed by atoms with Gasteiger partial charge in [-0.2, -0.15) is 8.42 Å². The summed E-state index contributed by atoms with van der Waals surface area (Å²) in [6, 6.07) is -0.481. The first kappa shape index (κ1) is 13.6. The lowest BCUT2D eigenvalue weighted by molar-refractivity contribution is -0.140. The van der Waals surface area contributed by atoms with Gasteiger partial charge in [-0.1, -0.05) is 0 Å². The highest BCUT2D eigenvalue weighted by Crippen LogP contribution is 2.35. The summed E-state index contributed by atoms with van der Waals surface area (Å²) in [4.78, 5) is 12.6. The third-order valence-electron chi connectivity index (χ3n) is 2.06. The van der Waals surface area contributed by atoms with Crippen molar-refractivity contribution in [1.29, 1.82) is 0 Å². The van der Waals surface area contributed by atoms with Crippen molar-refractivity contribution in [2.45, 2.75) is 11.4 Å².